The summed E-state index contributed by atoms with van der Waals surface area (Å²) in [6, 6.07) is 3.12. The highest BCUT2D eigenvalue weighted by molar-refractivity contribution is 4.96. The third kappa shape index (κ3) is 3.49. The highest BCUT2D eigenvalue weighted by Crippen LogP contribution is 2.48. The SMILES string of the molecule is CN(CCC(C#N)NC1CC1)CC1CC2CCC1C2. The summed E-state index contributed by atoms with van der Waals surface area (Å²) in [5.74, 6) is 3.01. The maximum absolute atomic E-state index is 9.15. The van der Waals surface area contributed by atoms with Gasteiger partial charge in [0.2, 0.25) is 0 Å². The minimum atomic E-state index is 0.0648. The first-order valence-electron chi connectivity index (χ1n) is 8.09. The lowest BCUT2D eigenvalue weighted by Crippen LogP contribution is -2.35. The molecule has 0 amide bonds. The average Bonchev–Trinajstić information content (AvgIpc) is 2.98. The van der Waals surface area contributed by atoms with Gasteiger partial charge in [-0.2, -0.15) is 5.26 Å². The Labute approximate surface area is 117 Å². The number of nitrogens with one attached hydrogen (secondary N) is 1. The zero-order valence-corrected chi connectivity index (χ0v) is 12.1. The van der Waals surface area contributed by atoms with Crippen molar-refractivity contribution < 1.29 is 0 Å². The maximum atomic E-state index is 9.15. The van der Waals surface area contributed by atoms with Gasteiger partial charge in [0.1, 0.15) is 0 Å². The Hall–Kier alpha value is -0.590. The molecule has 0 aromatic rings. The molecule has 0 saturated heterocycles. The van der Waals surface area contributed by atoms with Crippen LogP contribution in [0.2, 0.25) is 0 Å². The van der Waals surface area contributed by atoms with E-state index in [9.17, 15) is 0 Å². The van der Waals surface area contributed by atoms with E-state index in [1.54, 1.807) is 0 Å². The monoisotopic (exact) mass is 261 g/mol. The Morgan fingerprint density at radius 1 is 1.26 bits per heavy atom. The molecule has 0 aliphatic heterocycles. The van der Waals surface area contributed by atoms with E-state index in [0.717, 1.165) is 30.7 Å². The van der Waals surface area contributed by atoms with Crippen LogP contribution in [0.1, 0.15) is 44.9 Å². The molecular weight excluding hydrogens is 234 g/mol. The van der Waals surface area contributed by atoms with E-state index in [1.165, 1.54) is 45.1 Å². The van der Waals surface area contributed by atoms with Crippen LogP contribution in [-0.4, -0.2) is 37.1 Å². The Morgan fingerprint density at radius 3 is 2.68 bits per heavy atom. The van der Waals surface area contributed by atoms with Gasteiger partial charge >= 0.3 is 0 Å². The fourth-order valence-corrected chi connectivity index (χ4v) is 4.16. The summed E-state index contributed by atoms with van der Waals surface area (Å²) in [6.45, 7) is 2.31. The summed E-state index contributed by atoms with van der Waals surface area (Å²) in [5.41, 5.74) is 0. The van der Waals surface area contributed by atoms with Crippen molar-refractivity contribution in [3.8, 4) is 6.07 Å². The van der Waals surface area contributed by atoms with Gasteiger partial charge in [-0.1, -0.05) is 6.42 Å². The van der Waals surface area contributed by atoms with Gasteiger partial charge < -0.3 is 4.90 Å². The van der Waals surface area contributed by atoms with Crippen LogP contribution >= 0.6 is 0 Å². The second kappa shape index (κ2) is 5.81. The van der Waals surface area contributed by atoms with E-state index < -0.39 is 0 Å². The second-order valence-corrected chi connectivity index (χ2v) is 7.11. The zero-order chi connectivity index (χ0) is 13.2. The normalized spacial score (nSPS) is 34.7. The van der Waals surface area contributed by atoms with Crippen molar-refractivity contribution in [2.75, 3.05) is 20.1 Å². The zero-order valence-electron chi connectivity index (χ0n) is 12.1. The summed E-state index contributed by atoms with van der Waals surface area (Å²) in [7, 11) is 2.23. The number of hydrogen-bond donors (Lipinski definition) is 1. The minimum absolute atomic E-state index is 0.0648. The summed E-state index contributed by atoms with van der Waals surface area (Å²) in [4.78, 5) is 2.46. The Bertz CT molecular complexity index is 344. The summed E-state index contributed by atoms with van der Waals surface area (Å²) >= 11 is 0. The van der Waals surface area contributed by atoms with Gasteiger partial charge in [-0.3, -0.25) is 5.32 Å². The molecule has 3 fully saturated rings. The van der Waals surface area contributed by atoms with Gasteiger partial charge in [0, 0.05) is 19.1 Å². The van der Waals surface area contributed by atoms with E-state index in [4.69, 9.17) is 5.26 Å². The number of nitrogens with zero attached hydrogens (tertiary/aromatic N) is 2. The molecule has 3 rings (SSSR count). The molecule has 3 heteroatoms. The third-order valence-corrected chi connectivity index (χ3v) is 5.40. The first-order chi connectivity index (χ1) is 9.24. The highest BCUT2D eigenvalue weighted by atomic mass is 15.1. The van der Waals surface area contributed by atoms with E-state index in [0.29, 0.717) is 6.04 Å². The van der Waals surface area contributed by atoms with Crippen molar-refractivity contribution in [3.63, 3.8) is 0 Å². The lowest BCUT2D eigenvalue weighted by Gasteiger charge is -2.27. The Morgan fingerprint density at radius 2 is 2.11 bits per heavy atom. The van der Waals surface area contributed by atoms with Crippen molar-refractivity contribution in [2.45, 2.75) is 57.0 Å². The van der Waals surface area contributed by atoms with Gasteiger partial charge in [-0.15, -0.1) is 0 Å². The molecule has 0 heterocycles. The van der Waals surface area contributed by atoms with Crippen molar-refractivity contribution >= 4 is 0 Å². The van der Waals surface area contributed by atoms with Crippen LogP contribution in [0.3, 0.4) is 0 Å². The average molecular weight is 261 g/mol. The predicted molar refractivity (Wildman–Crippen MR) is 76.6 cm³/mol. The molecule has 19 heavy (non-hydrogen) atoms. The molecule has 3 aliphatic carbocycles. The Balaban J connectivity index is 1.36. The third-order valence-electron chi connectivity index (χ3n) is 5.40. The molecule has 0 radical (unpaired) electrons. The van der Waals surface area contributed by atoms with Crippen LogP contribution in [0.5, 0.6) is 0 Å². The maximum Gasteiger partial charge on any atom is 0.0967 e. The van der Waals surface area contributed by atoms with Crippen LogP contribution in [0.25, 0.3) is 0 Å². The quantitative estimate of drug-likeness (QED) is 0.765. The van der Waals surface area contributed by atoms with E-state index in [-0.39, 0.29) is 6.04 Å². The lowest BCUT2D eigenvalue weighted by molar-refractivity contribution is 0.215. The van der Waals surface area contributed by atoms with E-state index >= 15 is 0 Å². The molecular formula is C16H27N3. The highest BCUT2D eigenvalue weighted by Gasteiger charge is 2.39. The smallest absolute Gasteiger partial charge is 0.0967 e. The van der Waals surface area contributed by atoms with Gasteiger partial charge in [0.05, 0.1) is 12.1 Å². The van der Waals surface area contributed by atoms with Crippen LogP contribution in [-0.2, 0) is 0 Å². The summed E-state index contributed by atoms with van der Waals surface area (Å²) < 4.78 is 0. The van der Waals surface area contributed by atoms with Crippen molar-refractivity contribution in [3.05, 3.63) is 0 Å². The number of rotatable bonds is 7. The van der Waals surface area contributed by atoms with Gasteiger partial charge in [-0.05, 0) is 63.3 Å². The molecule has 3 saturated carbocycles. The fraction of sp³-hybridized carbons (Fsp3) is 0.938. The van der Waals surface area contributed by atoms with Crippen LogP contribution in [0.4, 0.5) is 0 Å². The fourth-order valence-electron chi connectivity index (χ4n) is 4.16. The van der Waals surface area contributed by atoms with Crippen LogP contribution < -0.4 is 5.32 Å². The topological polar surface area (TPSA) is 39.1 Å². The molecule has 4 unspecified atom stereocenters. The van der Waals surface area contributed by atoms with Gasteiger partial charge in [0.25, 0.3) is 0 Å². The molecule has 2 bridgehead atoms. The lowest BCUT2D eigenvalue weighted by atomic mass is 9.88. The Kier molecular flexibility index (Phi) is 4.10. The second-order valence-electron chi connectivity index (χ2n) is 7.11. The molecule has 0 spiro atoms. The van der Waals surface area contributed by atoms with E-state index in [1.807, 2.05) is 0 Å². The van der Waals surface area contributed by atoms with Crippen molar-refractivity contribution in [1.82, 2.24) is 10.2 Å². The van der Waals surface area contributed by atoms with Gasteiger partial charge in [0.15, 0.2) is 0 Å². The summed E-state index contributed by atoms with van der Waals surface area (Å²) in [6.07, 6.45) is 9.45. The van der Waals surface area contributed by atoms with Crippen molar-refractivity contribution in [2.24, 2.45) is 17.8 Å². The van der Waals surface area contributed by atoms with Crippen LogP contribution in [0, 0.1) is 29.1 Å². The van der Waals surface area contributed by atoms with Gasteiger partial charge in [-0.25, -0.2) is 0 Å². The molecule has 106 valence electrons. The number of hydrogen-bond acceptors (Lipinski definition) is 3. The van der Waals surface area contributed by atoms with Crippen molar-refractivity contribution in [1.29, 1.82) is 5.26 Å². The first kappa shape index (κ1) is 13.4. The number of nitriles is 1. The molecule has 3 aliphatic rings. The molecule has 4 atom stereocenters. The molecule has 3 nitrogen and oxygen atoms in total. The summed E-state index contributed by atoms with van der Waals surface area (Å²) in [5, 5.41) is 12.6. The molecule has 1 N–H and O–H groups in total. The molecule has 0 aromatic heterocycles. The standard InChI is InChI=1S/C16H27N3/c1-19(7-6-16(10-17)18-15-4-5-15)11-14-9-12-2-3-13(14)8-12/h12-16,18H,2-9,11H2,1H3. The van der Waals surface area contributed by atoms with Crippen LogP contribution in [0.15, 0.2) is 0 Å². The first-order valence-corrected chi connectivity index (χ1v) is 8.09. The minimum Gasteiger partial charge on any atom is -0.306 e. The largest absolute Gasteiger partial charge is 0.306 e. The molecule has 0 aromatic carbocycles. The van der Waals surface area contributed by atoms with E-state index in [2.05, 4.69) is 23.3 Å². The number of fused-ring (bicyclic) bond motifs is 2. The predicted octanol–water partition coefficient (Wildman–Crippen LogP) is 2.39.